The summed E-state index contributed by atoms with van der Waals surface area (Å²) < 4.78 is 11.8. The molecule has 1 saturated heterocycles. The number of hydrogen-bond donors (Lipinski definition) is 1. The van der Waals surface area contributed by atoms with Crippen LogP contribution in [0, 0.1) is 5.41 Å². The molecular weight excluding hydrogens is 464 g/mol. The minimum absolute atomic E-state index is 0.0306. The van der Waals surface area contributed by atoms with Gasteiger partial charge in [0.15, 0.2) is 0 Å². The van der Waals surface area contributed by atoms with Crippen molar-refractivity contribution in [2.45, 2.75) is 58.0 Å². The van der Waals surface area contributed by atoms with Crippen molar-refractivity contribution in [2.75, 3.05) is 19.7 Å². The summed E-state index contributed by atoms with van der Waals surface area (Å²) in [5.41, 5.74) is 2.19. The Hall–Kier alpha value is -3.45. The molecule has 1 fully saturated rings. The molecule has 2 aliphatic rings. The summed E-state index contributed by atoms with van der Waals surface area (Å²) in [5.74, 6) is 1.86. The molecule has 0 unspecified atom stereocenters. The van der Waals surface area contributed by atoms with Crippen LogP contribution in [0.5, 0.6) is 17.5 Å². The molecule has 7 nitrogen and oxygen atoms in total. The number of benzene rings is 2. The van der Waals surface area contributed by atoms with Gasteiger partial charge in [-0.2, -0.15) is 0 Å². The average molecular weight is 501 g/mol. The first-order valence-electron chi connectivity index (χ1n) is 13.4. The molecule has 0 bridgehead atoms. The van der Waals surface area contributed by atoms with Gasteiger partial charge in [0.05, 0.1) is 11.5 Å². The normalized spacial score (nSPS) is 20.6. The number of piperidine rings is 1. The smallest absolute Gasteiger partial charge is 0.321 e. The highest BCUT2D eigenvalue weighted by Gasteiger charge is 2.41. The van der Waals surface area contributed by atoms with Crippen molar-refractivity contribution in [1.82, 2.24) is 20.2 Å². The molecule has 194 valence electrons. The lowest BCUT2D eigenvalue weighted by Gasteiger charge is -2.41. The molecular formula is C30H36N4O3. The Morgan fingerprint density at radius 1 is 1.00 bits per heavy atom. The van der Waals surface area contributed by atoms with E-state index in [0.29, 0.717) is 12.6 Å². The van der Waals surface area contributed by atoms with Gasteiger partial charge in [0.25, 0.3) is 0 Å². The fourth-order valence-corrected chi connectivity index (χ4v) is 5.36. The maximum Gasteiger partial charge on any atom is 0.321 e. The number of carbonyl (C=O) groups is 1. The molecule has 1 aromatic heterocycles. The largest absolute Gasteiger partial charge is 0.491 e. The fraction of sp³-hybridized carbons (Fsp3) is 0.433. The summed E-state index contributed by atoms with van der Waals surface area (Å²) in [7, 11) is 0. The third kappa shape index (κ3) is 6.46. The van der Waals surface area contributed by atoms with Gasteiger partial charge in [-0.05, 0) is 87.5 Å². The molecule has 5 rings (SSSR count). The van der Waals surface area contributed by atoms with Crippen LogP contribution in [0.2, 0.25) is 0 Å². The number of aromatic nitrogens is 2. The van der Waals surface area contributed by atoms with Gasteiger partial charge in [-0.1, -0.05) is 36.8 Å². The van der Waals surface area contributed by atoms with Crippen LogP contribution in [0.3, 0.4) is 0 Å². The molecule has 1 atom stereocenters. The second-order valence-corrected chi connectivity index (χ2v) is 10.3. The number of fused-ring (bicyclic) bond motifs is 1. The highest BCUT2D eigenvalue weighted by molar-refractivity contribution is 5.83. The van der Waals surface area contributed by atoms with Gasteiger partial charge >= 0.3 is 6.01 Å². The molecule has 0 aliphatic carbocycles. The second kappa shape index (κ2) is 11.7. The third-order valence-electron chi connectivity index (χ3n) is 7.57. The molecule has 1 spiro atoms. The monoisotopic (exact) mass is 500 g/mol. The van der Waals surface area contributed by atoms with E-state index in [2.05, 4.69) is 44.5 Å². The van der Waals surface area contributed by atoms with Crippen LogP contribution in [-0.4, -0.2) is 46.5 Å². The second-order valence-electron chi connectivity index (χ2n) is 10.3. The highest BCUT2D eigenvalue weighted by atomic mass is 16.5. The Labute approximate surface area is 219 Å². The molecule has 7 heteroatoms. The first-order valence-corrected chi connectivity index (χ1v) is 13.4. The van der Waals surface area contributed by atoms with E-state index in [-0.39, 0.29) is 17.4 Å². The SMILES string of the molecule is C[C@@H]1COc2ccccc2CCCCC2(CCN(Cc3ccc(Oc4ncccn4)cc3)CC2)C(=O)N1. The number of hydrogen-bond acceptors (Lipinski definition) is 6. The van der Waals surface area contributed by atoms with Gasteiger partial charge in [-0.3, -0.25) is 9.69 Å². The van der Waals surface area contributed by atoms with E-state index >= 15 is 0 Å². The van der Waals surface area contributed by atoms with E-state index < -0.39 is 0 Å². The van der Waals surface area contributed by atoms with Gasteiger partial charge in [0, 0.05) is 18.9 Å². The molecule has 2 aromatic carbocycles. The summed E-state index contributed by atoms with van der Waals surface area (Å²) in [6.45, 7) is 5.21. The Morgan fingerprint density at radius 2 is 1.76 bits per heavy atom. The van der Waals surface area contributed by atoms with E-state index in [1.807, 2.05) is 31.2 Å². The van der Waals surface area contributed by atoms with E-state index in [1.54, 1.807) is 18.5 Å². The lowest BCUT2D eigenvalue weighted by atomic mass is 9.73. The maximum absolute atomic E-state index is 13.5. The Kier molecular flexibility index (Phi) is 7.99. The number of amides is 1. The van der Waals surface area contributed by atoms with Crippen molar-refractivity contribution < 1.29 is 14.3 Å². The number of nitrogens with one attached hydrogen (secondary N) is 1. The number of rotatable bonds is 4. The predicted octanol–water partition coefficient (Wildman–Crippen LogP) is 5.16. The van der Waals surface area contributed by atoms with E-state index in [9.17, 15) is 4.79 Å². The standard InChI is InChI=1S/C30H36N4O3/c1-23-22-36-27-9-3-2-7-25(27)8-4-5-14-30(28(35)33-23)15-19-34(20-16-30)21-24-10-12-26(13-11-24)37-29-31-17-6-18-32-29/h2-3,6-7,9-13,17-18,23H,4-5,8,14-16,19-22H2,1H3,(H,33,35)/t23-/m1/s1. The van der Waals surface area contributed by atoms with Gasteiger partial charge < -0.3 is 14.8 Å². The summed E-state index contributed by atoms with van der Waals surface area (Å²) in [6.07, 6.45) is 9.14. The average Bonchev–Trinajstić information content (AvgIpc) is 2.92. The van der Waals surface area contributed by atoms with Gasteiger partial charge in [0.2, 0.25) is 5.91 Å². The maximum atomic E-state index is 13.5. The number of nitrogens with zero attached hydrogens (tertiary/aromatic N) is 3. The number of carbonyl (C=O) groups excluding carboxylic acids is 1. The van der Waals surface area contributed by atoms with E-state index in [1.165, 1.54) is 11.1 Å². The van der Waals surface area contributed by atoms with Crippen LogP contribution in [0.25, 0.3) is 0 Å². The molecule has 1 amide bonds. The lowest BCUT2D eigenvalue weighted by Crippen LogP contribution is -2.51. The van der Waals surface area contributed by atoms with Crippen molar-refractivity contribution >= 4 is 5.91 Å². The molecule has 3 aromatic rings. The third-order valence-corrected chi connectivity index (χ3v) is 7.57. The molecule has 0 saturated carbocycles. The van der Waals surface area contributed by atoms with Crippen LogP contribution in [0.15, 0.2) is 67.0 Å². The number of para-hydroxylation sites is 1. The highest BCUT2D eigenvalue weighted by Crippen LogP contribution is 2.38. The van der Waals surface area contributed by atoms with Gasteiger partial charge in [-0.25, -0.2) is 9.97 Å². The first kappa shape index (κ1) is 25.2. The van der Waals surface area contributed by atoms with Crippen LogP contribution in [0.4, 0.5) is 0 Å². The van der Waals surface area contributed by atoms with Crippen molar-refractivity contribution in [3.63, 3.8) is 0 Å². The van der Waals surface area contributed by atoms with Gasteiger partial charge in [0.1, 0.15) is 18.1 Å². The van der Waals surface area contributed by atoms with Crippen molar-refractivity contribution in [3.05, 3.63) is 78.1 Å². The van der Waals surface area contributed by atoms with E-state index in [4.69, 9.17) is 9.47 Å². The van der Waals surface area contributed by atoms with Crippen LogP contribution in [-0.2, 0) is 17.8 Å². The van der Waals surface area contributed by atoms with Crippen molar-refractivity contribution in [1.29, 1.82) is 0 Å². The van der Waals surface area contributed by atoms with Crippen LogP contribution < -0.4 is 14.8 Å². The predicted molar refractivity (Wildman–Crippen MR) is 143 cm³/mol. The van der Waals surface area contributed by atoms with Gasteiger partial charge in [-0.15, -0.1) is 0 Å². The molecule has 2 aliphatic heterocycles. The number of ether oxygens (including phenoxy) is 2. The summed E-state index contributed by atoms with van der Waals surface area (Å²) in [5, 5.41) is 3.27. The molecule has 1 N–H and O–H groups in total. The zero-order valence-corrected chi connectivity index (χ0v) is 21.6. The zero-order chi connectivity index (χ0) is 25.5. The minimum atomic E-state index is -0.295. The van der Waals surface area contributed by atoms with Crippen LogP contribution >= 0.6 is 0 Å². The molecule has 3 heterocycles. The summed E-state index contributed by atoms with van der Waals surface area (Å²) >= 11 is 0. The van der Waals surface area contributed by atoms with Crippen molar-refractivity contribution in [3.8, 4) is 17.5 Å². The first-order chi connectivity index (χ1) is 18.1. The number of aryl methyl sites for hydroxylation is 1. The fourth-order valence-electron chi connectivity index (χ4n) is 5.36. The Morgan fingerprint density at radius 3 is 2.54 bits per heavy atom. The van der Waals surface area contributed by atoms with Crippen LogP contribution in [0.1, 0.15) is 50.2 Å². The summed E-state index contributed by atoms with van der Waals surface area (Å²) in [4.78, 5) is 24.2. The lowest BCUT2D eigenvalue weighted by molar-refractivity contribution is -0.135. The van der Waals surface area contributed by atoms with Crippen molar-refractivity contribution in [2.24, 2.45) is 5.41 Å². The topological polar surface area (TPSA) is 76.6 Å². The quantitative estimate of drug-likeness (QED) is 0.533. The Balaban J connectivity index is 1.18. The number of likely N-dealkylation sites (tertiary alicyclic amines) is 1. The Bertz CT molecular complexity index is 1160. The summed E-state index contributed by atoms with van der Waals surface area (Å²) in [6, 6.07) is 18.5. The zero-order valence-electron chi connectivity index (χ0n) is 21.6. The van der Waals surface area contributed by atoms with E-state index in [0.717, 1.165) is 69.7 Å². The minimum Gasteiger partial charge on any atom is -0.491 e. The molecule has 37 heavy (non-hydrogen) atoms. The molecule has 0 radical (unpaired) electrons.